The maximum atomic E-state index is 4.12. The molecule has 1 aliphatic rings. The van der Waals surface area contributed by atoms with Gasteiger partial charge < -0.3 is 5.32 Å². The molecule has 0 radical (unpaired) electrons. The highest BCUT2D eigenvalue weighted by molar-refractivity contribution is 5.63. The van der Waals surface area contributed by atoms with E-state index in [9.17, 15) is 0 Å². The third-order valence-electron chi connectivity index (χ3n) is 2.79. The third kappa shape index (κ3) is 1.95. The summed E-state index contributed by atoms with van der Waals surface area (Å²) in [5.41, 5.74) is 2.44. The van der Waals surface area contributed by atoms with Crippen LogP contribution in [0.5, 0.6) is 0 Å². The van der Waals surface area contributed by atoms with Crippen molar-refractivity contribution >= 4 is 5.70 Å². The van der Waals surface area contributed by atoms with E-state index in [0.717, 1.165) is 12.5 Å². The molecule has 1 aromatic heterocycles. The molecule has 14 heavy (non-hydrogen) atoms. The van der Waals surface area contributed by atoms with Crippen LogP contribution < -0.4 is 5.32 Å². The van der Waals surface area contributed by atoms with E-state index in [1.54, 1.807) is 0 Å². The largest absolute Gasteiger partial charge is 0.384 e. The van der Waals surface area contributed by atoms with Crippen LogP contribution in [0.4, 0.5) is 0 Å². The number of hydrogen-bond acceptors (Lipinski definition) is 2. The monoisotopic (exact) mass is 188 g/mol. The summed E-state index contributed by atoms with van der Waals surface area (Å²) >= 11 is 0. The van der Waals surface area contributed by atoms with E-state index >= 15 is 0 Å². The molecule has 1 aliphatic heterocycles. The molecule has 1 aromatic rings. The lowest BCUT2D eigenvalue weighted by atomic mass is 9.97. The van der Waals surface area contributed by atoms with E-state index in [0.29, 0.717) is 0 Å². The van der Waals surface area contributed by atoms with Crippen molar-refractivity contribution in [3.8, 4) is 0 Å². The fourth-order valence-corrected chi connectivity index (χ4v) is 1.75. The molecule has 74 valence electrons. The highest BCUT2D eigenvalue weighted by Gasteiger charge is 2.12. The van der Waals surface area contributed by atoms with E-state index in [1.165, 1.54) is 24.1 Å². The predicted molar refractivity (Wildman–Crippen MR) is 58.6 cm³/mol. The standard InChI is InChI=1S/C12H16N2/c1-2-10-5-6-12(14-8-10)11-4-3-7-13-9-11/h3-4,6-7,9-10,14H,2,5,8H2,1H3. The Kier molecular flexibility index (Phi) is 2.82. The average Bonchev–Trinajstić information content (AvgIpc) is 2.30. The van der Waals surface area contributed by atoms with Crippen LogP contribution >= 0.6 is 0 Å². The second kappa shape index (κ2) is 4.27. The first-order valence-electron chi connectivity index (χ1n) is 5.24. The normalized spacial score (nSPS) is 21.2. The van der Waals surface area contributed by atoms with E-state index in [-0.39, 0.29) is 0 Å². The minimum atomic E-state index is 0.801. The van der Waals surface area contributed by atoms with Gasteiger partial charge in [-0.25, -0.2) is 0 Å². The van der Waals surface area contributed by atoms with Crippen LogP contribution in [0.2, 0.25) is 0 Å². The fraction of sp³-hybridized carbons (Fsp3) is 0.417. The summed E-state index contributed by atoms with van der Waals surface area (Å²) in [6, 6.07) is 4.07. The average molecular weight is 188 g/mol. The van der Waals surface area contributed by atoms with Crippen LogP contribution in [0.15, 0.2) is 30.6 Å². The molecule has 2 heteroatoms. The van der Waals surface area contributed by atoms with Crippen molar-refractivity contribution in [3.63, 3.8) is 0 Å². The Morgan fingerprint density at radius 2 is 2.50 bits per heavy atom. The van der Waals surface area contributed by atoms with E-state index in [2.05, 4.69) is 29.4 Å². The molecule has 2 rings (SSSR count). The summed E-state index contributed by atoms with van der Waals surface area (Å²) < 4.78 is 0. The van der Waals surface area contributed by atoms with Crippen LogP contribution in [0.25, 0.3) is 5.70 Å². The number of rotatable bonds is 2. The van der Waals surface area contributed by atoms with Gasteiger partial charge in [-0.3, -0.25) is 4.98 Å². The van der Waals surface area contributed by atoms with E-state index < -0.39 is 0 Å². The number of allylic oxidation sites excluding steroid dienone is 1. The second-order valence-corrected chi connectivity index (χ2v) is 3.75. The van der Waals surface area contributed by atoms with Crippen LogP contribution in [-0.2, 0) is 0 Å². The number of hydrogen-bond donors (Lipinski definition) is 1. The molecule has 0 aliphatic carbocycles. The number of nitrogens with zero attached hydrogens (tertiary/aromatic N) is 1. The van der Waals surface area contributed by atoms with Crippen molar-refractivity contribution in [1.82, 2.24) is 10.3 Å². The van der Waals surface area contributed by atoms with Crippen molar-refractivity contribution in [1.29, 1.82) is 0 Å². The van der Waals surface area contributed by atoms with Crippen molar-refractivity contribution < 1.29 is 0 Å². The lowest BCUT2D eigenvalue weighted by molar-refractivity contribution is 0.487. The molecule has 0 fully saturated rings. The molecule has 1 N–H and O–H groups in total. The molecular formula is C12H16N2. The Morgan fingerprint density at radius 3 is 3.07 bits per heavy atom. The molecule has 0 saturated carbocycles. The highest BCUT2D eigenvalue weighted by atomic mass is 14.9. The van der Waals surface area contributed by atoms with E-state index in [4.69, 9.17) is 0 Å². The van der Waals surface area contributed by atoms with Gasteiger partial charge in [-0.05, 0) is 24.5 Å². The molecule has 0 amide bonds. The van der Waals surface area contributed by atoms with E-state index in [1.807, 2.05) is 18.5 Å². The first kappa shape index (κ1) is 9.25. The van der Waals surface area contributed by atoms with Gasteiger partial charge in [0.1, 0.15) is 0 Å². The zero-order valence-electron chi connectivity index (χ0n) is 8.53. The fourth-order valence-electron chi connectivity index (χ4n) is 1.75. The van der Waals surface area contributed by atoms with Gasteiger partial charge in [-0.2, -0.15) is 0 Å². The topological polar surface area (TPSA) is 24.9 Å². The molecule has 1 unspecified atom stereocenters. The van der Waals surface area contributed by atoms with Crippen molar-refractivity contribution in [3.05, 3.63) is 36.2 Å². The van der Waals surface area contributed by atoms with Gasteiger partial charge in [0, 0.05) is 30.2 Å². The molecule has 0 aromatic carbocycles. The first-order chi connectivity index (χ1) is 6.90. The first-order valence-corrected chi connectivity index (χ1v) is 5.24. The summed E-state index contributed by atoms with van der Waals surface area (Å²) in [6.45, 7) is 3.34. The Morgan fingerprint density at radius 1 is 1.57 bits per heavy atom. The molecule has 2 nitrogen and oxygen atoms in total. The summed E-state index contributed by atoms with van der Waals surface area (Å²) in [5.74, 6) is 0.801. The molecule has 2 heterocycles. The van der Waals surface area contributed by atoms with Crippen LogP contribution in [0.1, 0.15) is 25.3 Å². The maximum Gasteiger partial charge on any atom is 0.0389 e. The van der Waals surface area contributed by atoms with Crippen molar-refractivity contribution in [2.45, 2.75) is 19.8 Å². The maximum absolute atomic E-state index is 4.12. The molecule has 0 bridgehead atoms. The predicted octanol–water partition coefficient (Wildman–Crippen LogP) is 2.44. The van der Waals surface area contributed by atoms with Gasteiger partial charge in [0.05, 0.1) is 0 Å². The molecule has 1 atom stereocenters. The second-order valence-electron chi connectivity index (χ2n) is 3.75. The van der Waals surface area contributed by atoms with Gasteiger partial charge in [0.25, 0.3) is 0 Å². The SMILES string of the molecule is CCC1CC=C(c2cccnc2)NC1. The van der Waals surface area contributed by atoms with Gasteiger partial charge >= 0.3 is 0 Å². The number of nitrogens with one attached hydrogen (secondary N) is 1. The van der Waals surface area contributed by atoms with Crippen LogP contribution in [-0.4, -0.2) is 11.5 Å². The summed E-state index contributed by atoms with van der Waals surface area (Å²) in [7, 11) is 0. The Hall–Kier alpha value is -1.31. The zero-order valence-corrected chi connectivity index (χ0v) is 8.53. The zero-order chi connectivity index (χ0) is 9.80. The summed E-state index contributed by atoms with van der Waals surface area (Å²) in [6.07, 6.45) is 8.44. The lowest BCUT2D eigenvalue weighted by Crippen LogP contribution is -2.25. The molecule has 0 saturated heterocycles. The Balaban J connectivity index is 2.11. The third-order valence-corrected chi connectivity index (χ3v) is 2.79. The summed E-state index contributed by atoms with van der Waals surface area (Å²) in [4.78, 5) is 4.12. The Bertz CT molecular complexity index is 316. The van der Waals surface area contributed by atoms with Crippen LogP contribution in [0, 0.1) is 5.92 Å². The van der Waals surface area contributed by atoms with Gasteiger partial charge in [0.2, 0.25) is 0 Å². The minimum Gasteiger partial charge on any atom is -0.384 e. The molecule has 0 spiro atoms. The lowest BCUT2D eigenvalue weighted by Gasteiger charge is -2.22. The smallest absolute Gasteiger partial charge is 0.0389 e. The van der Waals surface area contributed by atoms with Gasteiger partial charge in [-0.1, -0.05) is 19.4 Å². The highest BCUT2D eigenvalue weighted by Crippen LogP contribution is 2.20. The van der Waals surface area contributed by atoms with Gasteiger partial charge in [0.15, 0.2) is 0 Å². The summed E-state index contributed by atoms with van der Waals surface area (Å²) in [5, 5.41) is 3.46. The van der Waals surface area contributed by atoms with Crippen molar-refractivity contribution in [2.24, 2.45) is 5.92 Å². The van der Waals surface area contributed by atoms with Crippen molar-refractivity contribution in [2.75, 3.05) is 6.54 Å². The minimum absolute atomic E-state index is 0.801. The van der Waals surface area contributed by atoms with Crippen LogP contribution in [0.3, 0.4) is 0 Å². The Labute approximate surface area is 85.1 Å². The molecular weight excluding hydrogens is 172 g/mol. The number of aromatic nitrogens is 1. The van der Waals surface area contributed by atoms with Gasteiger partial charge in [-0.15, -0.1) is 0 Å². The quantitative estimate of drug-likeness (QED) is 0.771. The number of pyridine rings is 1.